The molecule has 0 aliphatic heterocycles. The highest BCUT2D eigenvalue weighted by Gasteiger charge is 2.60. The topological polar surface area (TPSA) is 102 Å². The largest absolute Gasteiger partial charge is 0.462 e. The lowest BCUT2D eigenvalue weighted by molar-refractivity contribution is -0.151. The van der Waals surface area contributed by atoms with Gasteiger partial charge in [-0.2, -0.15) is 0 Å². The Labute approximate surface area is 278 Å². The first-order valence-electron chi connectivity index (χ1n) is 18.4. The van der Waals surface area contributed by atoms with Gasteiger partial charge in [-0.05, 0) is 110 Å². The molecular formula is C39H64O7. The van der Waals surface area contributed by atoms with E-state index in [-0.39, 0.29) is 43.0 Å². The number of aliphatic hydroxyl groups excluding tert-OH is 2. The maximum atomic E-state index is 12.1. The standard InChI is InChI=1S/C39H64O7/c1-25(2)9-8-10-26(3)33-13-14-34-32-12-11-30-19-31(15-17-38(30,6)35(32)16-18-39(33,34)7)44-22-29(23-45-36(42)27(4)20-40)24-46-37(43)28(5)21-41/h25-26,29-35,40-41H,4-5,8-24H2,1-3,6-7H3/t26-,30+,31+,32+,33-,34+,35+,38+,39-/m1/s1. The Bertz CT molecular complexity index is 1040. The molecule has 0 radical (unpaired) electrons. The van der Waals surface area contributed by atoms with Crippen LogP contribution in [-0.2, 0) is 23.8 Å². The Kier molecular flexibility index (Phi) is 13.0. The summed E-state index contributed by atoms with van der Waals surface area (Å²) in [6.45, 7) is 18.9. The van der Waals surface area contributed by atoms with E-state index in [1.807, 2.05) is 0 Å². The van der Waals surface area contributed by atoms with Crippen molar-refractivity contribution in [1.29, 1.82) is 0 Å². The first-order valence-corrected chi connectivity index (χ1v) is 18.4. The smallest absolute Gasteiger partial charge is 0.335 e. The van der Waals surface area contributed by atoms with Crippen LogP contribution in [0, 0.1) is 58.2 Å². The molecule has 0 bridgehead atoms. The third-order valence-electron chi connectivity index (χ3n) is 13.2. The van der Waals surface area contributed by atoms with Crippen LogP contribution in [0.5, 0.6) is 0 Å². The van der Waals surface area contributed by atoms with Crippen molar-refractivity contribution in [2.75, 3.05) is 33.0 Å². The third kappa shape index (κ3) is 8.29. The van der Waals surface area contributed by atoms with E-state index in [9.17, 15) is 19.8 Å². The molecule has 0 heterocycles. The fraction of sp³-hybridized carbons (Fsp3) is 0.846. The number of esters is 2. The monoisotopic (exact) mass is 644 g/mol. The Balaban J connectivity index is 1.33. The first-order chi connectivity index (χ1) is 21.8. The third-order valence-corrected chi connectivity index (χ3v) is 13.2. The van der Waals surface area contributed by atoms with Gasteiger partial charge in [0.1, 0.15) is 0 Å². The molecule has 4 saturated carbocycles. The molecule has 7 nitrogen and oxygen atoms in total. The number of carbonyl (C=O) groups is 2. The quantitative estimate of drug-likeness (QED) is 0.134. The van der Waals surface area contributed by atoms with Crippen molar-refractivity contribution in [2.45, 2.75) is 118 Å². The van der Waals surface area contributed by atoms with Gasteiger partial charge in [0, 0.05) is 0 Å². The molecule has 0 aromatic heterocycles. The van der Waals surface area contributed by atoms with Crippen molar-refractivity contribution < 1.29 is 34.0 Å². The van der Waals surface area contributed by atoms with Crippen molar-refractivity contribution in [3.05, 3.63) is 24.3 Å². The fourth-order valence-electron chi connectivity index (χ4n) is 10.5. The van der Waals surface area contributed by atoms with E-state index >= 15 is 0 Å². The summed E-state index contributed by atoms with van der Waals surface area (Å²) in [5.74, 6) is 3.99. The Morgan fingerprint density at radius 2 is 1.39 bits per heavy atom. The lowest BCUT2D eigenvalue weighted by atomic mass is 9.44. The minimum atomic E-state index is -0.679. The van der Waals surface area contributed by atoms with Crippen molar-refractivity contribution in [2.24, 2.45) is 58.2 Å². The number of ether oxygens (including phenoxy) is 3. The van der Waals surface area contributed by atoms with Crippen LogP contribution in [0.4, 0.5) is 0 Å². The Hall–Kier alpha value is -1.70. The van der Waals surface area contributed by atoms with Crippen LogP contribution in [0.1, 0.15) is 112 Å². The van der Waals surface area contributed by atoms with Gasteiger partial charge < -0.3 is 24.4 Å². The molecule has 7 heteroatoms. The molecule has 0 spiro atoms. The molecule has 9 atom stereocenters. The molecule has 46 heavy (non-hydrogen) atoms. The van der Waals surface area contributed by atoms with Gasteiger partial charge in [-0.3, -0.25) is 0 Å². The molecule has 4 aliphatic rings. The van der Waals surface area contributed by atoms with Crippen LogP contribution < -0.4 is 0 Å². The van der Waals surface area contributed by atoms with Crippen LogP contribution in [0.15, 0.2) is 24.3 Å². The zero-order valence-corrected chi connectivity index (χ0v) is 29.6. The molecule has 4 fully saturated rings. The highest BCUT2D eigenvalue weighted by molar-refractivity contribution is 5.88. The zero-order chi connectivity index (χ0) is 33.6. The van der Waals surface area contributed by atoms with Crippen LogP contribution >= 0.6 is 0 Å². The molecule has 0 aromatic rings. The molecule has 2 N–H and O–H groups in total. The first kappa shape index (κ1) is 37.1. The summed E-state index contributed by atoms with van der Waals surface area (Å²) in [5.41, 5.74) is 0.821. The Morgan fingerprint density at radius 1 is 0.783 bits per heavy atom. The van der Waals surface area contributed by atoms with Crippen LogP contribution in [0.3, 0.4) is 0 Å². The van der Waals surface area contributed by atoms with Crippen molar-refractivity contribution in [1.82, 2.24) is 0 Å². The van der Waals surface area contributed by atoms with Gasteiger partial charge in [-0.1, -0.05) is 67.0 Å². The number of fused-ring (bicyclic) bond motifs is 5. The number of hydrogen-bond donors (Lipinski definition) is 2. The van der Waals surface area contributed by atoms with E-state index in [1.54, 1.807) is 0 Å². The lowest BCUT2D eigenvalue weighted by Gasteiger charge is -2.61. The Morgan fingerprint density at radius 3 is 2.00 bits per heavy atom. The molecule has 0 amide bonds. The predicted octanol–water partition coefficient (Wildman–Crippen LogP) is 7.29. The average molecular weight is 645 g/mol. The average Bonchev–Trinajstić information content (AvgIpc) is 3.40. The second kappa shape index (κ2) is 16.1. The summed E-state index contributed by atoms with van der Waals surface area (Å²) >= 11 is 0. The molecule has 0 aromatic carbocycles. The van der Waals surface area contributed by atoms with Gasteiger partial charge in [0.25, 0.3) is 0 Å². The summed E-state index contributed by atoms with van der Waals surface area (Å²) in [6.07, 6.45) is 15.8. The summed E-state index contributed by atoms with van der Waals surface area (Å²) in [4.78, 5) is 24.2. The van der Waals surface area contributed by atoms with Gasteiger partial charge in [0.15, 0.2) is 0 Å². The number of carbonyl (C=O) groups excluding carboxylic acids is 2. The minimum absolute atomic E-state index is 0.0220. The summed E-state index contributed by atoms with van der Waals surface area (Å²) in [6, 6.07) is 0. The van der Waals surface area contributed by atoms with Crippen LogP contribution in [0.25, 0.3) is 0 Å². The number of hydrogen-bond acceptors (Lipinski definition) is 7. The van der Waals surface area contributed by atoms with Gasteiger partial charge in [0.2, 0.25) is 0 Å². The summed E-state index contributed by atoms with van der Waals surface area (Å²) in [7, 11) is 0. The maximum Gasteiger partial charge on any atom is 0.335 e. The van der Waals surface area contributed by atoms with Gasteiger partial charge in [-0.15, -0.1) is 0 Å². The number of aliphatic hydroxyl groups is 2. The highest BCUT2D eigenvalue weighted by Crippen LogP contribution is 2.68. The van der Waals surface area contributed by atoms with Crippen molar-refractivity contribution in [3.63, 3.8) is 0 Å². The second-order valence-corrected chi connectivity index (χ2v) is 16.5. The van der Waals surface area contributed by atoms with Gasteiger partial charge in [0.05, 0.1) is 56.2 Å². The van der Waals surface area contributed by atoms with Crippen LogP contribution in [-0.4, -0.2) is 61.3 Å². The minimum Gasteiger partial charge on any atom is -0.462 e. The van der Waals surface area contributed by atoms with Gasteiger partial charge >= 0.3 is 11.9 Å². The lowest BCUT2D eigenvalue weighted by Crippen LogP contribution is -2.54. The van der Waals surface area contributed by atoms with Gasteiger partial charge in [-0.25, -0.2) is 9.59 Å². The van der Waals surface area contributed by atoms with E-state index < -0.39 is 25.2 Å². The van der Waals surface area contributed by atoms with E-state index in [0.717, 1.165) is 48.3 Å². The van der Waals surface area contributed by atoms with Crippen LogP contribution in [0.2, 0.25) is 0 Å². The molecule has 0 saturated heterocycles. The van der Waals surface area contributed by atoms with E-state index in [4.69, 9.17) is 14.2 Å². The molecule has 262 valence electrons. The van der Waals surface area contributed by atoms with Crippen molar-refractivity contribution >= 4 is 11.9 Å². The molecule has 0 unspecified atom stereocenters. The molecular weight excluding hydrogens is 580 g/mol. The van der Waals surface area contributed by atoms with E-state index in [1.165, 1.54) is 64.2 Å². The molecule has 4 rings (SSSR count). The second-order valence-electron chi connectivity index (χ2n) is 16.5. The SMILES string of the molecule is C=C(CO)C(=O)OCC(COC(=O)C(=C)CO)CO[C@H]1CC[C@@]2(C)[C@@H](CC[C@@H]3[C@@H]2CC[C@]2(C)[C@@H]([C@H](C)CCCC(C)C)CC[C@@H]32)C1. The summed E-state index contributed by atoms with van der Waals surface area (Å²) < 4.78 is 17.1. The normalized spacial score (nSPS) is 34.4. The summed E-state index contributed by atoms with van der Waals surface area (Å²) in [5, 5.41) is 18.4. The van der Waals surface area contributed by atoms with E-state index in [0.29, 0.717) is 16.7 Å². The predicted molar refractivity (Wildman–Crippen MR) is 181 cm³/mol. The number of rotatable bonds is 16. The van der Waals surface area contributed by atoms with Crippen molar-refractivity contribution in [3.8, 4) is 0 Å². The van der Waals surface area contributed by atoms with E-state index in [2.05, 4.69) is 47.8 Å². The fourth-order valence-corrected chi connectivity index (χ4v) is 10.5. The maximum absolute atomic E-state index is 12.1. The zero-order valence-electron chi connectivity index (χ0n) is 29.6. The molecule has 4 aliphatic carbocycles. The highest BCUT2D eigenvalue weighted by atomic mass is 16.6.